The Morgan fingerprint density at radius 2 is 1.55 bits per heavy atom. The van der Waals surface area contributed by atoms with E-state index < -0.39 is 10.0 Å². The zero-order valence-corrected chi connectivity index (χ0v) is 19.8. The molecule has 3 atom stereocenters. The van der Waals surface area contributed by atoms with Gasteiger partial charge in [0.1, 0.15) is 0 Å². The molecule has 0 aromatic heterocycles. The first-order chi connectivity index (χ1) is 14.4. The lowest BCUT2D eigenvalue weighted by Crippen LogP contribution is -2.52. The summed E-state index contributed by atoms with van der Waals surface area (Å²) >= 11 is 5.91. The van der Waals surface area contributed by atoms with Crippen LogP contribution in [-0.4, -0.2) is 20.5 Å². The van der Waals surface area contributed by atoms with Gasteiger partial charge in [-0.1, -0.05) is 66.9 Å². The minimum absolute atomic E-state index is 0. The van der Waals surface area contributed by atoms with Crippen LogP contribution in [0.1, 0.15) is 44.2 Å². The van der Waals surface area contributed by atoms with E-state index >= 15 is 0 Å². The smallest absolute Gasteiger partial charge is 0.240 e. The van der Waals surface area contributed by atoms with Crippen LogP contribution in [0.3, 0.4) is 0 Å². The van der Waals surface area contributed by atoms with Crippen molar-refractivity contribution in [2.75, 3.05) is 0 Å². The van der Waals surface area contributed by atoms with Gasteiger partial charge in [-0.25, -0.2) is 13.1 Å². The number of hydrogen-bond donors (Lipinski definition) is 2. The number of hydrogen-bond acceptors (Lipinski definition) is 3. The van der Waals surface area contributed by atoms with E-state index in [4.69, 9.17) is 11.6 Å². The number of fused-ring (bicyclic) bond motifs is 1. The van der Waals surface area contributed by atoms with Gasteiger partial charge in [0, 0.05) is 23.1 Å². The second kappa shape index (κ2) is 10.3. The van der Waals surface area contributed by atoms with Crippen LogP contribution < -0.4 is 10.0 Å². The summed E-state index contributed by atoms with van der Waals surface area (Å²) in [6.45, 7) is 2.15. The molecule has 0 heterocycles. The van der Waals surface area contributed by atoms with E-state index in [1.807, 2.05) is 6.07 Å². The lowest BCUT2D eigenvalue weighted by molar-refractivity contribution is 0.291. The Bertz CT molecular complexity index is 1110. The van der Waals surface area contributed by atoms with Crippen molar-refractivity contribution in [2.24, 2.45) is 0 Å². The molecule has 0 amide bonds. The maximum absolute atomic E-state index is 12.9. The highest BCUT2D eigenvalue weighted by Gasteiger charge is 2.30. The van der Waals surface area contributed by atoms with Gasteiger partial charge in [-0.15, -0.1) is 12.4 Å². The number of sulfonamides is 1. The Balaban J connectivity index is 0.00000272. The van der Waals surface area contributed by atoms with Crippen LogP contribution in [0.5, 0.6) is 0 Å². The van der Waals surface area contributed by atoms with Crippen molar-refractivity contribution in [3.63, 3.8) is 0 Å². The average molecular weight is 479 g/mol. The second-order valence-corrected chi connectivity index (χ2v) is 10.2. The zero-order valence-electron chi connectivity index (χ0n) is 17.4. The van der Waals surface area contributed by atoms with Crippen LogP contribution >= 0.6 is 24.0 Å². The highest BCUT2D eigenvalue weighted by Crippen LogP contribution is 2.28. The molecule has 0 aliphatic heterocycles. The molecule has 0 radical (unpaired) electrons. The van der Waals surface area contributed by atoms with Crippen molar-refractivity contribution in [1.29, 1.82) is 0 Å². The fourth-order valence-corrected chi connectivity index (χ4v) is 5.83. The van der Waals surface area contributed by atoms with Crippen LogP contribution in [-0.2, 0) is 10.0 Å². The highest BCUT2D eigenvalue weighted by atomic mass is 35.5. The summed E-state index contributed by atoms with van der Waals surface area (Å²) in [4.78, 5) is 0.248. The molecule has 0 saturated heterocycles. The quantitative estimate of drug-likeness (QED) is 0.466. The third-order valence-corrected chi connectivity index (χ3v) is 7.71. The lowest BCUT2D eigenvalue weighted by atomic mass is 9.89. The van der Waals surface area contributed by atoms with Gasteiger partial charge < -0.3 is 5.32 Å². The molecule has 1 unspecified atom stereocenters. The molecule has 1 aliphatic rings. The van der Waals surface area contributed by atoms with Crippen LogP contribution in [0.15, 0.2) is 71.6 Å². The van der Waals surface area contributed by atoms with Crippen molar-refractivity contribution >= 4 is 44.8 Å². The predicted molar refractivity (Wildman–Crippen MR) is 131 cm³/mol. The maximum Gasteiger partial charge on any atom is 0.240 e. The fraction of sp³-hybridized carbons (Fsp3) is 0.333. The lowest BCUT2D eigenvalue weighted by Gasteiger charge is -2.35. The molecule has 166 valence electrons. The zero-order chi connectivity index (χ0) is 21.1. The molecule has 2 N–H and O–H groups in total. The standard InChI is InChI=1S/C24H27ClN2O2S.ClH/c1-17(21-10-6-8-18-7-2-3-9-22(18)21)26-23-11-4-5-12-24(23)27-30(28,29)20-15-13-19(25)14-16-20;/h2-3,6-10,13-17,23-24,26-27H,4-5,11-12H2,1H3;1H/t17?,23-,24-;/m1./s1. The molecule has 1 fully saturated rings. The molecular formula is C24H28Cl2N2O2S. The summed E-state index contributed by atoms with van der Waals surface area (Å²) in [5, 5.41) is 6.68. The van der Waals surface area contributed by atoms with Crippen LogP contribution in [0.2, 0.25) is 5.02 Å². The number of rotatable bonds is 6. The van der Waals surface area contributed by atoms with Crippen molar-refractivity contribution < 1.29 is 8.42 Å². The summed E-state index contributed by atoms with van der Waals surface area (Å²) in [5.74, 6) is 0. The van der Waals surface area contributed by atoms with E-state index in [0.29, 0.717) is 5.02 Å². The van der Waals surface area contributed by atoms with Crippen LogP contribution in [0, 0.1) is 0 Å². The summed E-state index contributed by atoms with van der Waals surface area (Å²) in [6, 6.07) is 21.1. The van der Waals surface area contributed by atoms with Crippen molar-refractivity contribution in [3.8, 4) is 0 Å². The third kappa shape index (κ3) is 5.60. The monoisotopic (exact) mass is 478 g/mol. The second-order valence-electron chi connectivity index (χ2n) is 8.03. The maximum atomic E-state index is 12.9. The van der Waals surface area contributed by atoms with E-state index in [0.717, 1.165) is 25.7 Å². The average Bonchev–Trinajstić information content (AvgIpc) is 2.75. The Hall–Kier alpha value is -1.63. The summed E-state index contributed by atoms with van der Waals surface area (Å²) in [5.41, 5.74) is 1.23. The highest BCUT2D eigenvalue weighted by molar-refractivity contribution is 7.89. The van der Waals surface area contributed by atoms with Crippen LogP contribution in [0.4, 0.5) is 0 Å². The van der Waals surface area contributed by atoms with E-state index in [9.17, 15) is 8.42 Å². The van der Waals surface area contributed by atoms with E-state index in [-0.39, 0.29) is 35.4 Å². The van der Waals surface area contributed by atoms with E-state index in [1.165, 1.54) is 16.3 Å². The number of nitrogens with one attached hydrogen (secondary N) is 2. The molecule has 0 spiro atoms. The van der Waals surface area contributed by atoms with Crippen LogP contribution in [0.25, 0.3) is 10.8 Å². The van der Waals surface area contributed by atoms with E-state index in [1.54, 1.807) is 24.3 Å². The van der Waals surface area contributed by atoms with Gasteiger partial charge >= 0.3 is 0 Å². The minimum atomic E-state index is -3.59. The van der Waals surface area contributed by atoms with Crippen molar-refractivity contribution in [3.05, 3.63) is 77.3 Å². The summed E-state index contributed by atoms with van der Waals surface area (Å²) in [7, 11) is -3.59. The minimum Gasteiger partial charge on any atom is -0.306 e. The summed E-state index contributed by atoms with van der Waals surface area (Å²) in [6.07, 6.45) is 3.89. The van der Waals surface area contributed by atoms with Gasteiger partial charge in [0.05, 0.1) is 4.90 Å². The molecule has 1 saturated carbocycles. The van der Waals surface area contributed by atoms with Gasteiger partial charge in [-0.2, -0.15) is 0 Å². The summed E-state index contributed by atoms with van der Waals surface area (Å²) < 4.78 is 28.8. The molecule has 1 aliphatic carbocycles. The van der Waals surface area contributed by atoms with Gasteiger partial charge in [0.25, 0.3) is 0 Å². The largest absolute Gasteiger partial charge is 0.306 e. The Morgan fingerprint density at radius 3 is 2.29 bits per heavy atom. The Kier molecular flexibility index (Phi) is 8.00. The normalized spacial score (nSPS) is 20.2. The van der Waals surface area contributed by atoms with E-state index in [2.05, 4.69) is 53.4 Å². The molecule has 4 rings (SSSR count). The molecule has 4 nitrogen and oxygen atoms in total. The molecule has 3 aromatic rings. The fourth-order valence-electron chi connectivity index (χ4n) is 4.39. The molecule has 31 heavy (non-hydrogen) atoms. The molecule has 3 aromatic carbocycles. The molecule has 7 heteroatoms. The number of benzene rings is 3. The first kappa shape index (κ1) is 24.0. The molecule has 0 bridgehead atoms. The van der Waals surface area contributed by atoms with Gasteiger partial charge in [0.15, 0.2) is 0 Å². The van der Waals surface area contributed by atoms with Crippen molar-refractivity contribution in [1.82, 2.24) is 10.0 Å². The predicted octanol–water partition coefficient (Wildman–Crippen LogP) is 5.86. The topological polar surface area (TPSA) is 58.2 Å². The first-order valence-electron chi connectivity index (χ1n) is 10.5. The van der Waals surface area contributed by atoms with Gasteiger partial charge in [-0.3, -0.25) is 0 Å². The Morgan fingerprint density at radius 1 is 0.903 bits per heavy atom. The SMILES string of the molecule is CC(N[C@@H]1CCCC[C@H]1NS(=O)(=O)c1ccc(Cl)cc1)c1cccc2ccccc12.Cl. The van der Waals surface area contributed by atoms with Crippen molar-refractivity contribution in [2.45, 2.75) is 55.6 Å². The molecular weight excluding hydrogens is 451 g/mol. The first-order valence-corrected chi connectivity index (χ1v) is 12.3. The van der Waals surface area contributed by atoms with Gasteiger partial charge in [-0.05, 0) is 60.4 Å². The Labute approximate surface area is 195 Å². The van der Waals surface area contributed by atoms with Gasteiger partial charge in [0.2, 0.25) is 10.0 Å². The number of halogens is 2. The third-order valence-electron chi connectivity index (χ3n) is 5.95.